The quantitative estimate of drug-likeness (QED) is 0.829. The number of sulfone groups is 1. The summed E-state index contributed by atoms with van der Waals surface area (Å²) in [5.74, 6) is -0.145. The standard InChI is InChI=1S/C11H14O3S/c1-15(13,14)11-9(7-12)10(11)8-5-3-2-4-6-8/h2-6,9-12H,7H2,1H3/t9-,10-,11-/m1/s1. The van der Waals surface area contributed by atoms with Crippen molar-refractivity contribution in [3.05, 3.63) is 35.9 Å². The topological polar surface area (TPSA) is 54.4 Å². The molecule has 0 amide bonds. The molecule has 1 aliphatic rings. The Hall–Kier alpha value is -0.870. The van der Waals surface area contributed by atoms with Gasteiger partial charge in [0.1, 0.15) is 0 Å². The zero-order chi connectivity index (χ0) is 11.1. The molecule has 0 radical (unpaired) electrons. The maximum atomic E-state index is 11.4. The highest BCUT2D eigenvalue weighted by Gasteiger charge is 2.56. The molecule has 3 atom stereocenters. The van der Waals surface area contributed by atoms with Gasteiger partial charge >= 0.3 is 0 Å². The lowest BCUT2D eigenvalue weighted by atomic mass is 10.1. The molecule has 1 aliphatic carbocycles. The lowest BCUT2D eigenvalue weighted by Crippen LogP contribution is -2.07. The van der Waals surface area contributed by atoms with Gasteiger partial charge in [-0.3, -0.25) is 0 Å². The number of aliphatic hydroxyl groups is 1. The van der Waals surface area contributed by atoms with Crippen molar-refractivity contribution in [2.24, 2.45) is 5.92 Å². The minimum Gasteiger partial charge on any atom is -0.396 e. The molecule has 0 unspecified atom stereocenters. The van der Waals surface area contributed by atoms with Crippen LogP contribution >= 0.6 is 0 Å². The number of hydrogen-bond donors (Lipinski definition) is 1. The third-order valence-corrected chi connectivity index (χ3v) is 4.62. The summed E-state index contributed by atoms with van der Waals surface area (Å²) in [4.78, 5) is 0. The lowest BCUT2D eigenvalue weighted by molar-refractivity contribution is 0.274. The van der Waals surface area contributed by atoms with Gasteiger partial charge in [0.25, 0.3) is 0 Å². The Morgan fingerprint density at radius 1 is 1.27 bits per heavy atom. The lowest BCUT2D eigenvalue weighted by Gasteiger charge is -1.97. The van der Waals surface area contributed by atoms with Crippen molar-refractivity contribution in [3.8, 4) is 0 Å². The van der Waals surface area contributed by atoms with Crippen molar-refractivity contribution in [2.45, 2.75) is 11.2 Å². The van der Waals surface area contributed by atoms with Gasteiger partial charge in [-0.1, -0.05) is 30.3 Å². The van der Waals surface area contributed by atoms with Crippen LogP contribution in [0.15, 0.2) is 30.3 Å². The first-order chi connectivity index (χ1) is 7.05. The van der Waals surface area contributed by atoms with Gasteiger partial charge in [-0.15, -0.1) is 0 Å². The Balaban J connectivity index is 2.27. The SMILES string of the molecule is CS(=O)(=O)[C@@H]1[C@H](CO)[C@H]1c1ccccc1. The fourth-order valence-corrected chi connectivity index (χ4v) is 3.95. The zero-order valence-corrected chi connectivity index (χ0v) is 9.31. The van der Waals surface area contributed by atoms with Crippen LogP contribution in [-0.4, -0.2) is 31.6 Å². The first kappa shape index (κ1) is 10.6. The molecule has 3 nitrogen and oxygen atoms in total. The van der Waals surface area contributed by atoms with Gasteiger partial charge in [0.15, 0.2) is 9.84 Å². The second kappa shape index (κ2) is 3.61. The molecule has 0 bridgehead atoms. The second-order valence-electron chi connectivity index (χ2n) is 4.08. The van der Waals surface area contributed by atoms with E-state index >= 15 is 0 Å². The summed E-state index contributed by atoms with van der Waals surface area (Å²) in [6.07, 6.45) is 1.24. The molecule has 2 rings (SSSR count). The van der Waals surface area contributed by atoms with Gasteiger partial charge in [-0.05, 0) is 5.56 Å². The van der Waals surface area contributed by atoms with E-state index in [9.17, 15) is 8.42 Å². The van der Waals surface area contributed by atoms with Crippen LogP contribution in [-0.2, 0) is 9.84 Å². The summed E-state index contributed by atoms with van der Waals surface area (Å²) in [6, 6.07) is 9.51. The molecule has 4 heteroatoms. The van der Waals surface area contributed by atoms with Crippen LogP contribution in [0.5, 0.6) is 0 Å². The summed E-state index contributed by atoms with van der Waals surface area (Å²) in [5, 5.41) is 8.71. The highest BCUT2D eigenvalue weighted by molar-refractivity contribution is 7.91. The number of benzene rings is 1. The number of rotatable bonds is 3. The van der Waals surface area contributed by atoms with E-state index in [1.807, 2.05) is 30.3 Å². The van der Waals surface area contributed by atoms with Crippen molar-refractivity contribution in [1.82, 2.24) is 0 Å². The molecule has 0 spiro atoms. The molecule has 1 aromatic rings. The van der Waals surface area contributed by atoms with Gasteiger partial charge < -0.3 is 5.11 Å². The molecule has 1 fully saturated rings. The first-order valence-corrected chi connectivity index (χ1v) is 6.86. The smallest absolute Gasteiger partial charge is 0.151 e. The summed E-state index contributed by atoms with van der Waals surface area (Å²) >= 11 is 0. The number of hydrogen-bond acceptors (Lipinski definition) is 3. The summed E-state index contributed by atoms with van der Waals surface area (Å²) in [7, 11) is -3.05. The monoisotopic (exact) mass is 226 g/mol. The normalized spacial score (nSPS) is 30.1. The van der Waals surface area contributed by atoms with Crippen LogP contribution in [0.1, 0.15) is 11.5 Å². The average Bonchev–Trinajstić information content (AvgIpc) is 2.92. The van der Waals surface area contributed by atoms with E-state index < -0.39 is 15.1 Å². The molecular formula is C11H14O3S. The molecule has 0 saturated heterocycles. The van der Waals surface area contributed by atoms with Gasteiger partial charge in [0.05, 0.1) is 5.25 Å². The Morgan fingerprint density at radius 3 is 2.27 bits per heavy atom. The highest BCUT2D eigenvalue weighted by atomic mass is 32.2. The number of aliphatic hydroxyl groups excluding tert-OH is 1. The predicted molar refractivity (Wildman–Crippen MR) is 58.4 cm³/mol. The van der Waals surface area contributed by atoms with E-state index in [1.54, 1.807) is 0 Å². The fourth-order valence-electron chi connectivity index (χ4n) is 2.26. The molecule has 82 valence electrons. The minimum atomic E-state index is -3.05. The van der Waals surface area contributed by atoms with E-state index in [2.05, 4.69) is 0 Å². The van der Waals surface area contributed by atoms with E-state index in [0.717, 1.165) is 5.56 Å². The van der Waals surface area contributed by atoms with E-state index in [4.69, 9.17) is 5.11 Å². The first-order valence-electron chi connectivity index (χ1n) is 4.90. The molecular weight excluding hydrogens is 212 g/mol. The van der Waals surface area contributed by atoms with Crippen molar-refractivity contribution in [2.75, 3.05) is 12.9 Å². The zero-order valence-electron chi connectivity index (χ0n) is 8.50. The average molecular weight is 226 g/mol. The summed E-state index contributed by atoms with van der Waals surface area (Å²) in [6.45, 7) is -0.0582. The second-order valence-corrected chi connectivity index (χ2v) is 6.28. The maximum Gasteiger partial charge on any atom is 0.151 e. The molecule has 1 aromatic carbocycles. The largest absolute Gasteiger partial charge is 0.396 e. The van der Waals surface area contributed by atoms with Gasteiger partial charge in [-0.25, -0.2) is 8.42 Å². The Morgan fingerprint density at radius 2 is 1.87 bits per heavy atom. The Kier molecular flexibility index (Phi) is 2.56. The van der Waals surface area contributed by atoms with Gasteiger partial charge in [0.2, 0.25) is 0 Å². The van der Waals surface area contributed by atoms with Crippen LogP contribution in [0.4, 0.5) is 0 Å². The molecule has 1 N–H and O–H groups in total. The van der Waals surface area contributed by atoms with Gasteiger partial charge in [0, 0.05) is 24.7 Å². The van der Waals surface area contributed by atoms with Crippen LogP contribution in [0.3, 0.4) is 0 Å². The highest BCUT2D eigenvalue weighted by Crippen LogP contribution is 2.51. The summed E-state index contributed by atoms with van der Waals surface area (Å²) < 4.78 is 22.9. The van der Waals surface area contributed by atoms with Gasteiger partial charge in [-0.2, -0.15) is 0 Å². The molecule has 0 aromatic heterocycles. The molecule has 0 aliphatic heterocycles. The molecule has 1 saturated carbocycles. The third-order valence-electron chi connectivity index (χ3n) is 2.99. The molecule has 0 heterocycles. The predicted octanol–water partition coefficient (Wildman–Crippen LogP) is 0.805. The van der Waals surface area contributed by atoms with Crippen LogP contribution in [0.2, 0.25) is 0 Å². The van der Waals surface area contributed by atoms with Crippen LogP contribution in [0, 0.1) is 5.92 Å². The van der Waals surface area contributed by atoms with Crippen molar-refractivity contribution in [1.29, 1.82) is 0 Å². The summed E-state index contributed by atoms with van der Waals surface area (Å²) in [5.41, 5.74) is 1.01. The fraction of sp³-hybridized carbons (Fsp3) is 0.455. The van der Waals surface area contributed by atoms with Crippen LogP contribution in [0.25, 0.3) is 0 Å². The van der Waals surface area contributed by atoms with E-state index in [1.165, 1.54) is 6.26 Å². The van der Waals surface area contributed by atoms with E-state index in [-0.39, 0.29) is 18.4 Å². The maximum absolute atomic E-state index is 11.4. The molecule has 15 heavy (non-hydrogen) atoms. The third kappa shape index (κ3) is 1.92. The Bertz CT molecular complexity index is 438. The minimum absolute atomic E-state index is 0.0220. The van der Waals surface area contributed by atoms with Crippen molar-refractivity contribution >= 4 is 9.84 Å². The van der Waals surface area contributed by atoms with Crippen LogP contribution < -0.4 is 0 Å². The Labute approximate surface area is 89.7 Å². The van der Waals surface area contributed by atoms with Crippen molar-refractivity contribution < 1.29 is 13.5 Å². The van der Waals surface area contributed by atoms with Crippen molar-refractivity contribution in [3.63, 3.8) is 0 Å². The van der Waals surface area contributed by atoms with E-state index in [0.29, 0.717) is 0 Å².